The van der Waals surface area contributed by atoms with Gasteiger partial charge in [-0.1, -0.05) is 23.7 Å². The van der Waals surface area contributed by atoms with Crippen LogP contribution in [0, 0.1) is 0 Å². The predicted molar refractivity (Wildman–Crippen MR) is 59.5 cm³/mol. The molecule has 78 valence electrons. The second-order valence-electron chi connectivity index (χ2n) is 3.13. The molecule has 0 saturated carbocycles. The Labute approximate surface area is 92.7 Å². The first kappa shape index (κ1) is 10.1. The zero-order chi connectivity index (χ0) is 10.7. The molecule has 4 nitrogen and oxygen atoms in total. The molecule has 0 aliphatic carbocycles. The molecule has 0 spiro atoms. The van der Waals surface area contributed by atoms with Crippen molar-refractivity contribution in [1.82, 2.24) is 14.8 Å². The third-order valence-corrected chi connectivity index (χ3v) is 2.21. The van der Waals surface area contributed by atoms with Gasteiger partial charge in [-0.05, 0) is 12.1 Å². The summed E-state index contributed by atoms with van der Waals surface area (Å²) in [6, 6.07) is 7.46. The molecule has 0 fully saturated rings. The standard InChI is InChI=1S/C10H11ClN4/c11-9-3-1-2-8(6-9)10-13-7-15(14-10)5-4-12/h1-3,6-7H,4-5,12H2. The van der Waals surface area contributed by atoms with Gasteiger partial charge in [0.25, 0.3) is 0 Å². The molecule has 0 aliphatic heterocycles. The molecule has 2 N–H and O–H groups in total. The summed E-state index contributed by atoms with van der Waals surface area (Å²) in [5, 5.41) is 4.96. The minimum absolute atomic E-state index is 0.554. The number of nitrogens with two attached hydrogens (primary N) is 1. The Morgan fingerprint density at radius 3 is 3.00 bits per heavy atom. The molecule has 1 heterocycles. The first-order chi connectivity index (χ1) is 7.29. The van der Waals surface area contributed by atoms with Crippen molar-refractivity contribution >= 4 is 11.6 Å². The molecule has 0 radical (unpaired) electrons. The van der Waals surface area contributed by atoms with E-state index in [0.29, 0.717) is 23.9 Å². The van der Waals surface area contributed by atoms with Gasteiger partial charge in [0.1, 0.15) is 6.33 Å². The zero-order valence-electron chi connectivity index (χ0n) is 8.10. The summed E-state index contributed by atoms with van der Waals surface area (Å²) < 4.78 is 1.72. The molecule has 2 rings (SSSR count). The molecule has 0 aliphatic rings. The molecule has 1 aromatic heterocycles. The van der Waals surface area contributed by atoms with E-state index in [-0.39, 0.29) is 0 Å². The summed E-state index contributed by atoms with van der Waals surface area (Å²) in [6.45, 7) is 1.23. The highest BCUT2D eigenvalue weighted by Crippen LogP contribution is 2.18. The molecular weight excluding hydrogens is 212 g/mol. The van der Waals surface area contributed by atoms with Gasteiger partial charge in [-0.3, -0.25) is 4.68 Å². The van der Waals surface area contributed by atoms with E-state index in [0.717, 1.165) is 5.56 Å². The van der Waals surface area contributed by atoms with Crippen LogP contribution in [-0.2, 0) is 6.54 Å². The Morgan fingerprint density at radius 1 is 1.40 bits per heavy atom. The maximum atomic E-state index is 5.88. The van der Waals surface area contributed by atoms with Crippen molar-refractivity contribution in [2.75, 3.05) is 6.54 Å². The third-order valence-electron chi connectivity index (χ3n) is 1.98. The first-order valence-electron chi connectivity index (χ1n) is 4.65. The number of halogens is 1. The summed E-state index contributed by atoms with van der Waals surface area (Å²) in [5.74, 6) is 0.672. The van der Waals surface area contributed by atoms with Crippen LogP contribution < -0.4 is 5.73 Å². The molecule has 2 aromatic rings. The van der Waals surface area contributed by atoms with E-state index in [4.69, 9.17) is 17.3 Å². The largest absolute Gasteiger partial charge is 0.329 e. The summed E-state index contributed by atoms with van der Waals surface area (Å²) in [6.07, 6.45) is 1.67. The minimum Gasteiger partial charge on any atom is -0.329 e. The van der Waals surface area contributed by atoms with E-state index in [1.165, 1.54) is 0 Å². The van der Waals surface area contributed by atoms with Crippen molar-refractivity contribution in [2.45, 2.75) is 6.54 Å². The van der Waals surface area contributed by atoms with Gasteiger partial charge in [-0.25, -0.2) is 4.98 Å². The SMILES string of the molecule is NCCn1cnc(-c2cccc(Cl)c2)n1. The highest BCUT2D eigenvalue weighted by Gasteiger charge is 2.03. The van der Waals surface area contributed by atoms with Crippen LogP contribution in [0.25, 0.3) is 11.4 Å². The van der Waals surface area contributed by atoms with Gasteiger partial charge in [0.05, 0.1) is 6.54 Å². The van der Waals surface area contributed by atoms with Crippen LogP contribution >= 0.6 is 11.6 Å². The molecule has 0 atom stereocenters. The Kier molecular flexibility index (Phi) is 2.99. The lowest BCUT2D eigenvalue weighted by molar-refractivity contribution is 0.625. The van der Waals surface area contributed by atoms with Crippen molar-refractivity contribution in [3.63, 3.8) is 0 Å². The predicted octanol–water partition coefficient (Wildman–Crippen LogP) is 1.56. The van der Waals surface area contributed by atoms with Crippen LogP contribution in [0.3, 0.4) is 0 Å². The number of hydrogen-bond acceptors (Lipinski definition) is 3. The highest BCUT2D eigenvalue weighted by atomic mass is 35.5. The van der Waals surface area contributed by atoms with Crippen LogP contribution in [0.15, 0.2) is 30.6 Å². The number of hydrogen-bond donors (Lipinski definition) is 1. The van der Waals surface area contributed by atoms with Crippen LogP contribution in [0.5, 0.6) is 0 Å². The lowest BCUT2D eigenvalue weighted by Crippen LogP contribution is -2.10. The number of nitrogens with zero attached hydrogens (tertiary/aromatic N) is 3. The maximum Gasteiger partial charge on any atom is 0.181 e. The van der Waals surface area contributed by atoms with E-state index < -0.39 is 0 Å². The van der Waals surface area contributed by atoms with Gasteiger partial charge in [-0.2, -0.15) is 5.10 Å². The second kappa shape index (κ2) is 4.42. The van der Waals surface area contributed by atoms with Crippen LogP contribution in [0.2, 0.25) is 5.02 Å². The molecule has 0 unspecified atom stereocenters. The zero-order valence-corrected chi connectivity index (χ0v) is 8.85. The highest BCUT2D eigenvalue weighted by molar-refractivity contribution is 6.30. The fourth-order valence-electron chi connectivity index (χ4n) is 1.29. The Bertz CT molecular complexity index is 452. The van der Waals surface area contributed by atoms with E-state index in [1.54, 1.807) is 11.0 Å². The van der Waals surface area contributed by atoms with E-state index >= 15 is 0 Å². The Morgan fingerprint density at radius 2 is 2.27 bits per heavy atom. The third kappa shape index (κ3) is 2.34. The lowest BCUT2D eigenvalue weighted by atomic mass is 10.2. The molecule has 0 amide bonds. The van der Waals surface area contributed by atoms with Crippen LogP contribution in [0.1, 0.15) is 0 Å². The van der Waals surface area contributed by atoms with E-state index in [1.807, 2.05) is 24.3 Å². The normalized spacial score (nSPS) is 10.5. The van der Waals surface area contributed by atoms with Crippen molar-refractivity contribution < 1.29 is 0 Å². The minimum atomic E-state index is 0.554. The monoisotopic (exact) mass is 222 g/mol. The molecule has 0 bridgehead atoms. The second-order valence-corrected chi connectivity index (χ2v) is 3.57. The van der Waals surface area contributed by atoms with Gasteiger partial charge in [0.15, 0.2) is 5.82 Å². The van der Waals surface area contributed by atoms with Gasteiger partial charge in [0, 0.05) is 17.1 Å². The average molecular weight is 223 g/mol. The summed E-state index contributed by atoms with van der Waals surface area (Å²) >= 11 is 5.88. The van der Waals surface area contributed by atoms with Gasteiger partial charge in [0.2, 0.25) is 0 Å². The quantitative estimate of drug-likeness (QED) is 0.858. The molecule has 5 heteroatoms. The summed E-state index contributed by atoms with van der Waals surface area (Å²) in [4.78, 5) is 4.18. The molecule has 15 heavy (non-hydrogen) atoms. The van der Waals surface area contributed by atoms with Crippen LogP contribution in [-0.4, -0.2) is 21.3 Å². The van der Waals surface area contributed by atoms with Crippen molar-refractivity contribution in [2.24, 2.45) is 5.73 Å². The fraction of sp³-hybridized carbons (Fsp3) is 0.200. The molecule has 0 saturated heterocycles. The van der Waals surface area contributed by atoms with Crippen LogP contribution in [0.4, 0.5) is 0 Å². The average Bonchev–Trinajstić information content (AvgIpc) is 2.67. The summed E-state index contributed by atoms with van der Waals surface area (Å²) in [7, 11) is 0. The van der Waals surface area contributed by atoms with E-state index in [9.17, 15) is 0 Å². The topological polar surface area (TPSA) is 56.7 Å². The maximum absolute atomic E-state index is 5.88. The van der Waals surface area contributed by atoms with Gasteiger partial charge >= 0.3 is 0 Å². The summed E-state index contributed by atoms with van der Waals surface area (Å²) in [5.41, 5.74) is 6.34. The number of rotatable bonds is 3. The van der Waals surface area contributed by atoms with Gasteiger partial charge < -0.3 is 5.73 Å². The van der Waals surface area contributed by atoms with E-state index in [2.05, 4.69) is 10.1 Å². The molecular formula is C10H11ClN4. The first-order valence-corrected chi connectivity index (χ1v) is 5.03. The van der Waals surface area contributed by atoms with Crippen molar-refractivity contribution in [3.8, 4) is 11.4 Å². The lowest BCUT2D eigenvalue weighted by Gasteiger charge is -1.96. The smallest absolute Gasteiger partial charge is 0.181 e. The molecule has 1 aromatic carbocycles. The fourth-order valence-corrected chi connectivity index (χ4v) is 1.48. The Hall–Kier alpha value is -1.39. The van der Waals surface area contributed by atoms with Gasteiger partial charge in [-0.15, -0.1) is 0 Å². The van der Waals surface area contributed by atoms with Crippen molar-refractivity contribution in [3.05, 3.63) is 35.6 Å². The number of benzene rings is 1. The Balaban J connectivity index is 2.29. The van der Waals surface area contributed by atoms with Crippen molar-refractivity contribution in [1.29, 1.82) is 0 Å². The number of aromatic nitrogens is 3.